The first-order valence-electron chi connectivity index (χ1n) is 19.7. The third kappa shape index (κ3) is 33.4. The minimum absolute atomic E-state index is 0.165. The van der Waals surface area contributed by atoms with E-state index in [0.717, 1.165) is 38.5 Å². The van der Waals surface area contributed by atoms with E-state index in [4.69, 9.17) is 24.8 Å². The van der Waals surface area contributed by atoms with Crippen molar-refractivity contribution in [3.63, 3.8) is 0 Å². The number of carbonyl (C=O) groups excluding carboxylic acids is 2. The number of aliphatic carboxylic acids is 1. The van der Waals surface area contributed by atoms with Gasteiger partial charge in [0.2, 0.25) is 0 Å². The van der Waals surface area contributed by atoms with Crippen molar-refractivity contribution in [1.29, 1.82) is 0 Å². The van der Waals surface area contributed by atoms with Crippen LogP contribution in [0.4, 0.5) is 0 Å². The van der Waals surface area contributed by atoms with E-state index >= 15 is 0 Å². The van der Waals surface area contributed by atoms with Gasteiger partial charge in [0.1, 0.15) is 12.6 Å². The van der Waals surface area contributed by atoms with E-state index in [1.54, 1.807) is 0 Å². The molecule has 0 saturated heterocycles. The average molecular weight is 734 g/mol. The van der Waals surface area contributed by atoms with Crippen LogP contribution in [0, 0.1) is 0 Å². The maximum atomic E-state index is 12.5. The molecule has 0 saturated carbocycles. The third-order valence-corrected chi connectivity index (χ3v) is 9.46. The molecule has 50 heavy (non-hydrogen) atoms. The first kappa shape index (κ1) is 48.2. The molecule has 294 valence electrons. The zero-order valence-corrected chi connectivity index (χ0v) is 32.4. The fourth-order valence-corrected chi connectivity index (χ4v) is 6.12. The van der Waals surface area contributed by atoms with Crippen molar-refractivity contribution in [2.24, 2.45) is 5.73 Å². The second kappa shape index (κ2) is 34.3. The lowest BCUT2D eigenvalue weighted by Gasteiger charge is -2.20. The highest BCUT2D eigenvalue weighted by atomic mass is 31.2. The van der Waals surface area contributed by atoms with Gasteiger partial charge in [0.15, 0.2) is 6.10 Å². The Morgan fingerprint density at radius 1 is 0.600 bits per heavy atom. The summed E-state index contributed by atoms with van der Waals surface area (Å²) >= 11 is 0. The molecule has 0 bridgehead atoms. The minimum Gasteiger partial charge on any atom is -0.480 e. The summed E-state index contributed by atoms with van der Waals surface area (Å²) in [6, 6.07) is -1.52. The van der Waals surface area contributed by atoms with E-state index < -0.39 is 51.1 Å². The summed E-state index contributed by atoms with van der Waals surface area (Å²) in [6.45, 7) is 2.76. The van der Waals surface area contributed by atoms with Crippen molar-refractivity contribution in [2.75, 3.05) is 19.8 Å². The Kier molecular flexibility index (Phi) is 33.1. The maximum Gasteiger partial charge on any atom is 0.472 e. The Morgan fingerprint density at radius 2 is 1.02 bits per heavy atom. The number of carbonyl (C=O) groups is 3. The molecule has 0 rings (SSSR count). The summed E-state index contributed by atoms with van der Waals surface area (Å²) in [5.41, 5.74) is 5.31. The van der Waals surface area contributed by atoms with Crippen LogP contribution in [0.1, 0.15) is 181 Å². The van der Waals surface area contributed by atoms with E-state index in [0.29, 0.717) is 12.8 Å². The fourth-order valence-electron chi connectivity index (χ4n) is 5.34. The van der Waals surface area contributed by atoms with Crippen molar-refractivity contribution in [3.8, 4) is 0 Å². The van der Waals surface area contributed by atoms with Gasteiger partial charge < -0.3 is 25.2 Å². The lowest BCUT2D eigenvalue weighted by Crippen LogP contribution is -2.34. The van der Waals surface area contributed by atoms with Gasteiger partial charge in [0.05, 0.1) is 13.2 Å². The Labute approximate surface area is 303 Å². The number of hydrogen-bond donors (Lipinski definition) is 3. The number of phosphoric ester groups is 1. The molecule has 0 aliphatic carbocycles. The van der Waals surface area contributed by atoms with Crippen molar-refractivity contribution >= 4 is 25.7 Å². The van der Waals surface area contributed by atoms with Crippen LogP contribution < -0.4 is 5.73 Å². The highest BCUT2D eigenvalue weighted by Crippen LogP contribution is 2.43. The van der Waals surface area contributed by atoms with E-state index in [2.05, 4.69) is 30.5 Å². The number of hydrogen-bond acceptors (Lipinski definition) is 9. The molecule has 0 heterocycles. The monoisotopic (exact) mass is 733 g/mol. The maximum absolute atomic E-state index is 12.5. The Hall–Kier alpha value is -1.78. The van der Waals surface area contributed by atoms with E-state index in [9.17, 15) is 23.8 Å². The van der Waals surface area contributed by atoms with Crippen molar-refractivity contribution in [3.05, 3.63) is 12.2 Å². The van der Waals surface area contributed by atoms with Crippen LogP contribution in [0.15, 0.2) is 12.2 Å². The van der Waals surface area contributed by atoms with Crippen LogP contribution in [0.5, 0.6) is 0 Å². The Morgan fingerprint density at radius 3 is 1.52 bits per heavy atom. The van der Waals surface area contributed by atoms with E-state index in [1.165, 1.54) is 103 Å². The minimum atomic E-state index is -4.70. The largest absolute Gasteiger partial charge is 0.480 e. The fraction of sp³-hybridized carbons (Fsp3) is 0.868. The number of nitrogens with two attached hydrogens (primary N) is 1. The summed E-state index contributed by atoms with van der Waals surface area (Å²) in [4.78, 5) is 45.7. The van der Waals surface area contributed by atoms with Gasteiger partial charge in [-0.3, -0.25) is 23.4 Å². The lowest BCUT2D eigenvalue weighted by atomic mass is 10.1. The molecule has 0 aliphatic heterocycles. The molecule has 0 aromatic rings. The van der Waals surface area contributed by atoms with Crippen LogP contribution in [-0.2, 0) is 37.5 Å². The lowest BCUT2D eigenvalue weighted by molar-refractivity contribution is -0.161. The first-order valence-corrected chi connectivity index (χ1v) is 21.2. The summed E-state index contributed by atoms with van der Waals surface area (Å²) in [5.74, 6) is -2.37. The summed E-state index contributed by atoms with van der Waals surface area (Å²) < 4.78 is 32.6. The van der Waals surface area contributed by atoms with Gasteiger partial charge in [-0.15, -0.1) is 0 Å². The van der Waals surface area contributed by atoms with Crippen LogP contribution in [0.25, 0.3) is 0 Å². The van der Waals surface area contributed by atoms with Crippen LogP contribution in [0.3, 0.4) is 0 Å². The second-order valence-electron chi connectivity index (χ2n) is 13.4. The molecule has 1 unspecified atom stereocenters. The molecular weight excluding hydrogens is 661 g/mol. The zero-order chi connectivity index (χ0) is 37.1. The van der Waals surface area contributed by atoms with Crippen molar-refractivity contribution in [1.82, 2.24) is 0 Å². The van der Waals surface area contributed by atoms with Gasteiger partial charge in [-0.1, -0.05) is 148 Å². The molecule has 0 fully saturated rings. The van der Waals surface area contributed by atoms with Crippen molar-refractivity contribution in [2.45, 2.75) is 193 Å². The quantitative estimate of drug-likeness (QED) is 0.0240. The van der Waals surface area contributed by atoms with Gasteiger partial charge >= 0.3 is 25.7 Å². The predicted octanol–water partition coefficient (Wildman–Crippen LogP) is 9.73. The second-order valence-corrected chi connectivity index (χ2v) is 14.9. The molecule has 11 nitrogen and oxygen atoms in total. The molecule has 0 aliphatic rings. The molecular formula is C38H72NO10P. The van der Waals surface area contributed by atoms with Gasteiger partial charge in [0, 0.05) is 12.8 Å². The summed E-state index contributed by atoms with van der Waals surface area (Å²) in [7, 11) is -4.70. The smallest absolute Gasteiger partial charge is 0.472 e. The Bertz CT molecular complexity index is 916. The van der Waals surface area contributed by atoms with Gasteiger partial charge in [-0.25, -0.2) is 4.57 Å². The van der Waals surface area contributed by atoms with Gasteiger partial charge in [-0.2, -0.15) is 0 Å². The van der Waals surface area contributed by atoms with E-state index in [1.807, 2.05) is 0 Å². The SMILES string of the molecule is CCCC/C=C/CCCCCCCCCCCC(=O)OC[C@H](COP(=O)(O)OC[C@H](N)C(=O)O)OC(=O)CCCCCCCCCCCCC. The number of esters is 2. The number of ether oxygens (including phenoxy) is 2. The number of allylic oxidation sites excluding steroid dienone is 2. The molecule has 4 N–H and O–H groups in total. The van der Waals surface area contributed by atoms with Gasteiger partial charge in [-0.05, 0) is 32.1 Å². The average Bonchev–Trinajstić information content (AvgIpc) is 3.09. The molecule has 3 atom stereocenters. The molecule has 0 spiro atoms. The highest BCUT2D eigenvalue weighted by Gasteiger charge is 2.28. The van der Waals surface area contributed by atoms with Crippen molar-refractivity contribution < 1.29 is 47.5 Å². The zero-order valence-electron chi connectivity index (χ0n) is 31.5. The predicted molar refractivity (Wildman–Crippen MR) is 199 cm³/mol. The van der Waals surface area contributed by atoms with Gasteiger partial charge in [0.25, 0.3) is 0 Å². The van der Waals surface area contributed by atoms with E-state index in [-0.39, 0.29) is 19.4 Å². The third-order valence-electron chi connectivity index (χ3n) is 8.51. The van der Waals surface area contributed by atoms with Crippen LogP contribution in [-0.4, -0.2) is 59.9 Å². The normalized spacial score (nSPS) is 14.0. The first-order chi connectivity index (χ1) is 24.1. The Balaban J connectivity index is 4.38. The number of phosphoric acid groups is 1. The summed E-state index contributed by atoms with van der Waals surface area (Å²) in [5, 5.41) is 8.86. The number of unbranched alkanes of at least 4 members (excludes halogenated alkanes) is 21. The molecule has 0 radical (unpaired) electrons. The number of rotatable bonds is 37. The summed E-state index contributed by atoms with van der Waals surface area (Å²) in [6.07, 6.45) is 31.4. The molecule has 0 aromatic heterocycles. The van der Waals surface area contributed by atoms with Crippen LogP contribution in [0.2, 0.25) is 0 Å². The highest BCUT2D eigenvalue weighted by molar-refractivity contribution is 7.47. The molecule has 12 heteroatoms. The molecule has 0 amide bonds. The van der Waals surface area contributed by atoms with Crippen LogP contribution >= 0.6 is 7.82 Å². The number of carboxylic acids is 1. The molecule has 0 aromatic carbocycles. The topological polar surface area (TPSA) is 172 Å². The number of carboxylic acid groups (broad SMARTS) is 1. The standard InChI is InChI=1S/C38H72NO10P/c1-3-5-7-9-11-13-15-16-17-18-20-21-23-25-27-29-36(40)46-31-34(32-47-50(44,45)48-33-35(39)38(42)43)49-37(41)30-28-26-24-22-19-14-12-10-8-6-4-2/h9,11,34-35H,3-8,10,12-33,39H2,1-2H3,(H,42,43)(H,44,45)/b11-9+/t34-,35+/m1/s1.